The molecule has 0 bridgehead atoms. The predicted molar refractivity (Wildman–Crippen MR) is 131 cm³/mol. The van der Waals surface area contributed by atoms with Gasteiger partial charge in [-0.3, -0.25) is 4.79 Å². The Kier molecular flexibility index (Phi) is 5.61. The number of likely N-dealkylation sites (N-methyl/N-ethyl adjacent to an activating group) is 1. The van der Waals surface area contributed by atoms with E-state index in [9.17, 15) is 4.79 Å². The highest BCUT2D eigenvalue weighted by molar-refractivity contribution is 7.07. The van der Waals surface area contributed by atoms with Crippen LogP contribution in [-0.2, 0) is 13.1 Å². The molecule has 9 nitrogen and oxygen atoms in total. The highest BCUT2D eigenvalue weighted by Gasteiger charge is 2.19. The molecule has 0 aliphatic carbocycles. The lowest BCUT2D eigenvalue weighted by Crippen LogP contribution is -2.29. The Morgan fingerprint density at radius 3 is 2.73 bits per heavy atom. The molecule has 1 aromatic carbocycles. The van der Waals surface area contributed by atoms with E-state index in [4.69, 9.17) is 10.7 Å². The van der Waals surface area contributed by atoms with Crippen molar-refractivity contribution in [3.05, 3.63) is 74.7 Å². The topological polar surface area (TPSA) is 108 Å². The van der Waals surface area contributed by atoms with Gasteiger partial charge in [0.2, 0.25) is 5.95 Å². The van der Waals surface area contributed by atoms with E-state index in [2.05, 4.69) is 26.5 Å². The number of nitrogens with two attached hydrogens (primary N) is 1. The molecular formula is C23H24N8OS. The molecule has 0 radical (unpaired) electrons. The molecule has 0 aliphatic rings. The number of anilines is 1. The van der Waals surface area contributed by atoms with Gasteiger partial charge in [0.15, 0.2) is 5.82 Å². The van der Waals surface area contributed by atoms with E-state index >= 15 is 0 Å². The minimum Gasteiger partial charge on any atom is -0.344 e. The number of imidazole rings is 1. The van der Waals surface area contributed by atoms with Crippen molar-refractivity contribution in [2.24, 2.45) is 5.73 Å². The number of fused-ring (bicyclic) bond motifs is 2. The third kappa shape index (κ3) is 3.98. The van der Waals surface area contributed by atoms with Gasteiger partial charge in [0.05, 0.1) is 18.3 Å². The number of nitrogens with zero attached hydrogens (tertiary/aromatic N) is 7. The summed E-state index contributed by atoms with van der Waals surface area (Å²) in [5.41, 5.74) is 9.44. The zero-order valence-corrected chi connectivity index (χ0v) is 19.3. The number of rotatable bonds is 7. The fourth-order valence-electron chi connectivity index (χ4n) is 3.99. The molecule has 5 aromatic rings. The summed E-state index contributed by atoms with van der Waals surface area (Å²) in [6.45, 7) is 3.77. The first-order chi connectivity index (χ1) is 16.0. The smallest absolute Gasteiger partial charge is 0.293 e. The molecule has 0 fully saturated rings. The first kappa shape index (κ1) is 21.2. The van der Waals surface area contributed by atoms with Crippen molar-refractivity contribution in [3.63, 3.8) is 0 Å². The maximum atomic E-state index is 13.6. The Labute approximate surface area is 194 Å². The van der Waals surface area contributed by atoms with Crippen LogP contribution in [0.15, 0.2) is 52.1 Å². The van der Waals surface area contributed by atoms with E-state index in [1.165, 1.54) is 4.68 Å². The first-order valence-corrected chi connectivity index (χ1v) is 11.6. The average Bonchev–Trinajstić information content (AvgIpc) is 3.45. The van der Waals surface area contributed by atoms with Crippen LogP contribution in [0.4, 0.5) is 5.95 Å². The highest BCUT2D eigenvalue weighted by Crippen LogP contribution is 2.22. The van der Waals surface area contributed by atoms with Crippen molar-refractivity contribution >= 4 is 39.2 Å². The lowest BCUT2D eigenvalue weighted by atomic mass is 10.2. The molecule has 4 aromatic heterocycles. The van der Waals surface area contributed by atoms with Crippen molar-refractivity contribution in [2.45, 2.75) is 20.0 Å². The van der Waals surface area contributed by atoms with Crippen LogP contribution < -0.4 is 16.2 Å². The van der Waals surface area contributed by atoms with Crippen LogP contribution in [0.25, 0.3) is 21.9 Å². The third-order valence-electron chi connectivity index (χ3n) is 5.59. The van der Waals surface area contributed by atoms with Crippen molar-refractivity contribution in [3.8, 4) is 0 Å². The van der Waals surface area contributed by atoms with Crippen LogP contribution in [0.1, 0.15) is 17.1 Å². The van der Waals surface area contributed by atoms with Gasteiger partial charge in [-0.25, -0.2) is 19.6 Å². The Morgan fingerprint density at radius 1 is 1.09 bits per heavy atom. The number of para-hydroxylation sites is 1. The Bertz CT molecular complexity index is 1490. The molecule has 0 spiro atoms. The second-order valence-electron chi connectivity index (χ2n) is 7.92. The van der Waals surface area contributed by atoms with Crippen LogP contribution in [0.5, 0.6) is 0 Å². The molecule has 4 heterocycles. The van der Waals surface area contributed by atoms with Gasteiger partial charge >= 0.3 is 0 Å². The lowest BCUT2D eigenvalue weighted by Gasteiger charge is -2.18. The number of hydrogen-bond acceptors (Lipinski definition) is 8. The number of aryl methyl sites for hydroxylation is 1. The molecule has 0 aliphatic heterocycles. The molecular weight excluding hydrogens is 436 g/mol. The van der Waals surface area contributed by atoms with Crippen LogP contribution in [0.3, 0.4) is 0 Å². The monoisotopic (exact) mass is 460 g/mol. The van der Waals surface area contributed by atoms with Crippen LogP contribution in [0.2, 0.25) is 0 Å². The van der Waals surface area contributed by atoms with Crippen LogP contribution >= 0.6 is 11.3 Å². The summed E-state index contributed by atoms with van der Waals surface area (Å²) in [5, 5.41) is 9.47. The zero-order valence-electron chi connectivity index (χ0n) is 18.5. The number of benzene rings is 1. The van der Waals surface area contributed by atoms with Gasteiger partial charge in [0.25, 0.3) is 5.56 Å². The van der Waals surface area contributed by atoms with E-state index in [1.54, 1.807) is 17.5 Å². The van der Waals surface area contributed by atoms with E-state index in [-0.39, 0.29) is 12.1 Å². The summed E-state index contributed by atoms with van der Waals surface area (Å²) in [4.78, 5) is 29.5. The summed E-state index contributed by atoms with van der Waals surface area (Å²) >= 11 is 1.62. The Hall–Kier alpha value is -3.63. The van der Waals surface area contributed by atoms with Gasteiger partial charge in [0.1, 0.15) is 17.6 Å². The standard InChI is InChI=1S/C23H24N8OS/c1-15-17-5-3-4-6-18(17)27-20(26-15)13-31-22(32)21-19(11-25-31)28-23(29(2)9-8-24)30(21)12-16-7-10-33-14-16/h3-7,10-11,14H,8-9,12-13,24H2,1-2H3. The van der Waals surface area contributed by atoms with Crippen molar-refractivity contribution in [1.82, 2.24) is 29.3 Å². The molecule has 0 saturated carbocycles. The predicted octanol–water partition coefficient (Wildman–Crippen LogP) is 2.40. The molecule has 2 N–H and O–H groups in total. The molecule has 0 unspecified atom stereocenters. The quantitative estimate of drug-likeness (QED) is 0.397. The largest absolute Gasteiger partial charge is 0.344 e. The van der Waals surface area contributed by atoms with Gasteiger partial charge in [-0.1, -0.05) is 18.2 Å². The number of thiophene rings is 1. The second kappa shape index (κ2) is 8.72. The SMILES string of the molecule is Cc1nc(Cn2ncc3nc(N(C)CCN)n(Cc4ccsc4)c3c2=O)nc2ccccc12. The summed E-state index contributed by atoms with van der Waals surface area (Å²) in [5.74, 6) is 1.24. The van der Waals surface area contributed by atoms with Crippen LogP contribution in [-0.4, -0.2) is 49.4 Å². The van der Waals surface area contributed by atoms with Gasteiger partial charge in [-0.2, -0.15) is 16.4 Å². The first-order valence-electron chi connectivity index (χ1n) is 10.7. The number of hydrogen-bond donors (Lipinski definition) is 1. The van der Waals surface area contributed by atoms with Gasteiger partial charge < -0.3 is 15.2 Å². The van der Waals surface area contributed by atoms with Crippen molar-refractivity contribution in [1.29, 1.82) is 0 Å². The molecule has 0 saturated heterocycles. The molecule has 33 heavy (non-hydrogen) atoms. The highest BCUT2D eigenvalue weighted by atomic mass is 32.1. The minimum absolute atomic E-state index is 0.179. The summed E-state index contributed by atoms with van der Waals surface area (Å²) < 4.78 is 3.35. The van der Waals surface area contributed by atoms with Crippen molar-refractivity contribution < 1.29 is 0 Å². The van der Waals surface area contributed by atoms with Crippen molar-refractivity contribution in [2.75, 3.05) is 25.0 Å². The lowest BCUT2D eigenvalue weighted by molar-refractivity contribution is 0.617. The average molecular weight is 461 g/mol. The zero-order chi connectivity index (χ0) is 22.9. The maximum absolute atomic E-state index is 13.6. The Morgan fingerprint density at radius 2 is 1.94 bits per heavy atom. The van der Waals surface area contributed by atoms with Gasteiger partial charge in [0, 0.05) is 31.2 Å². The summed E-state index contributed by atoms with van der Waals surface area (Å²) in [6.07, 6.45) is 1.63. The summed E-state index contributed by atoms with van der Waals surface area (Å²) in [7, 11) is 1.93. The second-order valence-corrected chi connectivity index (χ2v) is 8.70. The minimum atomic E-state index is -0.225. The number of aromatic nitrogens is 6. The fraction of sp³-hybridized carbons (Fsp3) is 0.261. The molecule has 10 heteroatoms. The maximum Gasteiger partial charge on any atom is 0.293 e. The molecule has 0 atom stereocenters. The molecule has 0 amide bonds. The third-order valence-corrected chi connectivity index (χ3v) is 6.32. The van der Waals surface area contributed by atoms with E-state index in [0.29, 0.717) is 42.4 Å². The fourth-order valence-corrected chi connectivity index (χ4v) is 4.65. The van der Waals surface area contributed by atoms with Gasteiger partial charge in [-0.05, 0) is 35.4 Å². The van der Waals surface area contributed by atoms with E-state index in [0.717, 1.165) is 22.2 Å². The van der Waals surface area contributed by atoms with E-state index < -0.39 is 0 Å². The van der Waals surface area contributed by atoms with Crippen LogP contribution in [0, 0.1) is 6.92 Å². The Balaban J connectivity index is 1.61. The molecule has 168 valence electrons. The normalized spacial score (nSPS) is 11.5. The van der Waals surface area contributed by atoms with E-state index in [1.807, 2.05) is 53.1 Å². The molecule has 5 rings (SSSR count). The van der Waals surface area contributed by atoms with Gasteiger partial charge in [-0.15, -0.1) is 0 Å². The summed E-state index contributed by atoms with van der Waals surface area (Å²) in [6, 6.07) is 9.90.